The third-order valence-corrected chi connectivity index (χ3v) is 7.67. The van der Waals surface area contributed by atoms with Crippen molar-refractivity contribution in [3.05, 3.63) is 119 Å². The molecular formula is C32H29Cl2N3O3. The molecule has 40 heavy (non-hydrogen) atoms. The van der Waals surface area contributed by atoms with E-state index in [1.54, 1.807) is 24.3 Å². The van der Waals surface area contributed by atoms with Crippen LogP contribution in [0.4, 0.5) is 11.4 Å². The molecule has 0 saturated carbocycles. The summed E-state index contributed by atoms with van der Waals surface area (Å²) >= 11 is 6.67. The summed E-state index contributed by atoms with van der Waals surface area (Å²) in [4.78, 5) is 31.3. The van der Waals surface area contributed by atoms with Crippen LogP contribution in [0.3, 0.4) is 0 Å². The second-order valence-corrected chi connectivity index (χ2v) is 10.2. The highest BCUT2D eigenvalue weighted by Crippen LogP contribution is 2.32. The standard InChI is InChI=1S/C32H28ClN3O3.ClH/c33-29-18-24(34-31(37)27-12-6-5-11-26(27)22-8-2-1-3-9-22)14-15-28(29)32(38)36-20-25-21-39-17-16-35(25)19-23-10-4-7-13-30(23)36;/h1-15,18,25H,16-17,19-21H2,(H,34,37);1H/t25-;/m1./s1. The Morgan fingerprint density at radius 2 is 1.62 bits per heavy atom. The molecule has 2 amide bonds. The number of amides is 2. The van der Waals surface area contributed by atoms with Gasteiger partial charge < -0.3 is 15.0 Å². The molecule has 1 atom stereocenters. The second-order valence-electron chi connectivity index (χ2n) is 9.80. The fourth-order valence-electron chi connectivity index (χ4n) is 5.35. The third-order valence-electron chi connectivity index (χ3n) is 7.36. The number of carbonyl (C=O) groups excluding carboxylic acids is 2. The zero-order valence-electron chi connectivity index (χ0n) is 21.8. The van der Waals surface area contributed by atoms with Gasteiger partial charge in [0.25, 0.3) is 11.8 Å². The fraction of sp³-hybridized carbons (Fsp3) is 0.188. The maximum atomic E-state index is 13.9. The Balaban J connectivity index is 0.00000323. The zero-order valence-corrected chi connectivity index (χ0v) is 23.3. The molecule has 1 N–H and O–H groups in total. The largest absolute Gasteiger partial charge is 0.378 e. The predicted octanol–water partition coefficient (Wildman–Crippen LogP) is 6.54. The Morgan fingerprint density at radius 1 is 0.875 bits per heavy atom. The van der Waals surface area contributed by atoms with E-state index in [0.717, 1.165) is 35.5 Å². The maximum Gasteiger partial charge on any atom is 0.259 e. The first-order valence-electron chi connectivity index (χ1n) is 13.1. The van der Waals surface area contributed by atoms with Crippen LogP contribution in [0.15, 0.2) is 97.1 Å². The number of hydrogen-bond donors (Lipinski definition) is 1. The summed E-state index contributed by atoms with van der Waals surface area (Å²) < 4.78 is 5.73. The lowest BCUT2D eigenvalue weighted by molar-refractivity contribution is -0.00653. The van der Waals surface area contributed by atoms with Gasteiger partial charge >= 0.3 is 0 Å². The Bertz CT molecular complexity index is 1530. The topological polar surface area (TPSA) is 61.9 Å². The van der Waals surface area contributed by atoms with Crippen molar-refractivity contribution in [2.24, 2.45) is 0 Å². The number of carbonyl (C=O) groups is 2. The summed E-state index contributed by atoms with van der Waals surface area (Å²) in [5, 5.41) is 3.23. The molecule has 4 aromatic rings. The van der Waals surface area contributed by atoms with Crippen LogP contribution in [0.5, 0.6) is 0 Å². The highest BCUT2D eigenvalue weighted by atomic mass is 35.5. The van der Waals surface area contributed by atoms with Crippen LogP contribution < -0.4 is 10.2 Å². The van der Waals surface area contributed by atoms with Crippen LogP contribution >= 0.6 is 24.0 Å². The summed E-state index contributed by atoms with van der Waals surface area (Å²) in [7, 11) is 0. The van der Waals surface area contributed by atoms with Gasteiger partial charge in [-0.05, 0) is 47.0 Å². The minimum absolute atomic E-state index is 0. The van der Waals surface area contributed by atoms with Crippen LogP contribution in [-0.2, 0) is 11.3 Å². The summed E-state index contributed by atoms with van der Waals surface area (Å²) in [6.45, 7) is 3.41. The molecule has 0 unspecified atom stereocenters. The summed E-state index contributed by atoms with van der Waals surface area (Å²) in [6, 6.07) is 30.4. The van der Waals surface area contributed by atoms with Gasteiger partial charge in [0.1, 0.15) is 0 Å². The molecule has 1 fully saturated rings. The quantitative estimate of drug-likeness (QED) is 0.301. The van der Waals surface area contributed by atoms with Crippen LogP contribution in [-0.4, -0.2) is 49.1 Å². The van der Waals surface area contributed by atoms with Gasteiger partial charge in [-0.15, -0.1) is 12.4 Å². The number of rotatable bonds is 4. The smallest absolute Gasteiger partial charge is 0.259 e. The van der Waals surface area contributed by atoms with Crippen molar-refractivity contribution < 1.29 is 14.3 Å². The minimum Gasteiger partial charge on any atom is -0.378 e. The Labute approximate surface area is 244 Å². The number of nitrogens with zero attached hydrogens (tertiary/aromatic N) is 2. The molecule has 6 rings (SSSR count). The van der Waals surface area contributed by atoms with Crippen molar-refractivity contribution >= 4 is 47.2 Å². The maximum absolute atomic E-state index is 13.9. The van der Waals surface area contributed by atoms with E-state index in [1.807, 2.05) is 71.6 Å². The lowest BCUT2D eigenvalue weighted by atomic mass is 9.99. The van der Waals surface area contributed by atoms with Crippen LogP contribution in [0.25, 0.3) is 11.1 Å². The highest BCUT2D eigenvalue weighted by molar-refractivity contribution is 6.35. The van der Waals surface area contributed by atoms with E-state index >= 15 is 0 Å². The molecule has 0 bridgehead atoms. The highest BCUT2D eigenvalue weighted by Gasteiger charge is 2.33. The second kappa shape index (κ2) is 12.2. The first-order valence-corrected chi connectivity index (χ1v) is 13.4. The van der Waals surface area contributed by atoms with Crippen LogP contribution in [0.1, 0.15) is 26.3 Å². The molecule has 0 aromatic heterocycles. The number of fused-ring (bicyclic) bond motifs is 2. The Hall–Kier alpha value is -3.68. The first kappa shape index (κ1) is 27.9. The summed E-state index contributed by atoms with van der Waals surface area (Å²) in [6.07, 6.45) is 0. The van der Waals surface area contributed by atoms with Crippen molar-refractivity contribution in [3.63, 3.8) is 0 Å². The molecule has 2 aliphatic heterocycles. The van der Waals surface area contributed by atoms with Crippen molar-refractivity contribution in [2.45, 2.75) is 12.6 Å². The number of halogens is 2. The predicted molar refractivity (Wildman–Crippen MR) is 162 cm³/mol. The fourth-order valence-corrected chi connectivity index (χ4v) is 5.62. The number of hydrogen-bond acceptors (Lipinski definition) is 4. The monoisotopic (exact) mass is 573 g/mol. The van der Waals surface area contributed by atoms with Gasteiger partial charge in [-0.25, -0.2) is 0 Å². The van der Waals surface area contributed by atoms with Gasteiger partial charge in [-0.3, -0.25) is 14.5 Å². The molecule has 6 nitrogen and oxygen atoms in total. The van der Waals surface area contributed by atoms with Crippen molar-refractivity contribution in [3.8, 4) is 11.1 Å². The molecule has 1 saturated heterocycles. The number of benzene rings is 4. The number of nitrogens with one attached hydrogen (secondary N) is 1. The van der Waals surface area contributed by atoms with Gasteiger partial charge in [-0.2, -0.15) is 0 Å². The van der Waals surface area contributed by atoms with E-state index in [0.29, 0.717) is 36.6 Å². The van der Waals surface area contributed by atoms with E-state index in [9.17, 15) is 9.59 Å². The van der Waals surface area contributed by atoms with Gasteiger partial charge in [0.05, 0.1) is 29.8 Å². The van der Waals surface area contributed by atoms with E-state index in [-0.39, 0.29) is 35.3 Å². The molecular weight excluding hydrogens is 545 g/mol. The molecule has 204 valence electrons. The van der Waals surface area contributed by atoms with Crippen molar-refractivity contribution in [1.82, 2.24) is 4.90 Å². The normalized spacial score (nSPS) is 16.6. The third kappa shape index (κ3) is 5.62. The molecule has 2 aliphatic rings. The number of ether oxygens (including phenoxy) is 1. The van der Waals surface area contributed by atoms with Gasteiger partial charge in [0, 0.05) is 36.6 Å². The Morgan fingerprint density at radius 3 is 2.45 bits per heavy atom. The minimum atomic E-state index is -0.247. The molecule has 8 heteroatoms. The van der Waals surface area contributed by atoms with Crippen molar-refractivity contribution in [2.75, 3.05) is 36.5 Å². The average molecular weight is 575 g/mol. The van der Waals surface area contributed by atoms with E-state index in [4.69, 9.17) is 16.3 Å². The van der Waals surface area contributed by atoms with Crippen molar-refractivity contribution in [1.29, 1.82) is 0 Å². The summed E-state index contributed by atoms with van der Waals surface area (Å²) in [5.41, 5.74) is 5.26. The number of para-hydroxylation sites is 1. The van der Waals surface area contributed by atoms with Crippen LogP contribution in [0, 0.1) is 0 Å². The lowest BCUT2D eigenvalue weighted by Gasteiger charge is -2.35. The Kier molecular flexibility index (Phi) is 8.52. The molecule has 0 aliphatic carbocycles. The zero-order chi connectivity index (χ0) is 26.8. The van der Waals surface area contributed by atoms with E-state index < -0.39 is 0 Å². The number of morpholine rings is 1. The first-order chi connectivity index (χ1) is 19.1. The lowest BCUT2D eigenvalue weighted by Crippen LogP contribution is -2.50. The summed E-state index contributed by atoms with van der Waals surface area (Å²) in [5.74, 6) is -0.421. The SMILES string of the molecule is Cl.O=C(Nc1ccc(C(=O)N2C[C@@H]3COCCN3Cc3ccccc32)c(Cl)c1)c1ccccc1-c1ccccc1. The molecule has 4 aromatic carbocycles. The number of anilines is 2. The van der Waals surface area contributed by atoms with E-state index in [2.05, 4.69) is 16.3 Å². The van der Waals surface area contributed by atoms with Gasteiger partial charge in [0.2, 0.25) is 0 Å². The molecule has 2 heterocycles. The average Bonchev–Trinajstić information content (AvgIpc) is 3.14. The van der Waals surface area contributed by atoms with Gasteiger partial charge in [-0.1, -0.05) is 78.3 Å². The van der Waals surface area contributed by atoms with Crippen LogP contribution in [0.2, 0.25) is 5.02 Å². The molecule has 0 radical (unpaired) electrons. The van der Waals surface area contributed by atoms with E-state index in [1.165, 1.54) is 0 Å². The molecule has 0 spiro atoms. The van der Waals surface area contributed by atoms with Gasteiger partial charge in [0.15, 0.2) is 0 Å².